The molecule has 0 heterocycles. The van der Waals surface area contributed by atoms with Gasteiger partial charge in [-0.25, -0.2) is 0 Å². The first-order chi connectivity index (χ1) is 5.00. The Labute approximate surface area is 115 Å². The van der Waals surface area contributed by atoms with E-state index in [-0.39, 0.29) is 54.8 Å². The fourth-order valence-electron chi connectivity index (χ4n) is 0.710. The van der Waals surface area contributed by atoms with Crippen LogP contribution in [0.4, 0.5) is 0 Å². The average molecular weight is 336 g/mol. The summed E-state index contributed by atoms with van der Waals surface area (Å²) < 4.78 is 29.6. The van der Waals surface area contributed by atoms with Crippen LogP contribution in [0.5, 0.6) is 0 Å². The van der Waals surface area contributed by atoms with E-state index in [9.17, 15) is 8.42 Å². The first-order valence-electron chi connectivity index (χ1n) is 3.04. The molecule has 11 heteroatoms. The van der Waals surface area contributed by atoms with E-state index in [1.807, 2.05) is 6.92 Å². The molecule has 18 heavy (non-hydrogen) atoms. The molecular weight excluding hydrogens is 316 g/mol. The van der Waals surface area contributed by atoms with Crippen molar-refractivity contribution in [1.82, 2.24) is 0 Å². The zero-order valence-corrected chi connectivity index (χ0v) is 11.3. The van der Waals surface area contributed by atoms with Crippen LogP contribution < -0.4 is 0 Å². The summed E-state index contributed by atoms with van der Waals surface area (Å²) in [4.78, 5) is -0.0666. The smallest absolute Gasteiger partial charge is 0.294 e. The summed E-state index contributed by atoms with van der Waals surface area (Å²) in [5.41, 5.74) is 0.956. The van der Waals surface area contributed by atoms with Crippen LogP contribution in [-0.2, 0) is 27.2 Å². The van der Waals surface area contributed by atoms with Crippen molar-refractivity contribution >= 4 is 10.1 Å². The van der Waals surface area contributed by atoms with Crippen molar-refractivity contribution in [3.63, 3.8) is 0 Å². The van der Waals surface area contributed by atoms with Gasteiger partial charge in [0.15, 0.2) is 0 Å². The van der Waals surface area contributed by atoms with Gasteiger partial charge >= 0.3 is 0 Å². The second-order valence-electron chi connectivity index (χ2n) is 2.29. The topological polar surface area (TPSA) is 243 Å². The summed E-state index contributed by atoms with van der Waals surface area (Å²) in [6, 6.07) is 5.99. The Morgan fingerprint density at radius 3 is 1.33 bits per heavy atom. The molecule has 0 fully saturated rings. The van der Waals surface area contributed by atoms with Gasteiger partial charge in [0.1, 0.15) is 0 Å². The maximum Gasteiger partial charge on any atom is 0.294 e. The molecule has 1 rings (SSSR count). The Kier molecular flexibility index (Phi) is 39.4. The molecule has 0 atom stereocenters. The van der Waals surface area contributed by atoms with Crippen molar-refractivity contribution in [2.75, 3.05) is 0 Å². The van der Waals surface area contributed by atoms with Crippen LogP contribution in [-0.4, -0.2) is 45.8 Å². The summed E-state index contributed by atoms with van der Waals surface area (Å²) in [7, 11) is -4.02. The maximum atomic E-state index is 10.5. The van der Waals surface area contributed by atoms with Gasteiger partial charge in [0.2, 0.25) is 0 Å². The van der Waals surface area contributed by atoms with Crippen LogP contribution in [0, 0.1) is 6.92 Å². The molecule has 0 aliphatic rings. The third kappa shape index (κ3) is 13.5. The predicted molar refractivity (Wildman–Crippen MR) is 62.7 cm³/mol. The van der Waals surface area contributed by atoms with E-state index < -0.39 is 10.1 Å². The predicted octanol–water partition coefficient (Wildman–Crippen LogP) is -3.71. The molecule has 0 saturated heterocycles. The van der Waals surface area contributed by atoms with Gasteiger partial charge in [-0.3, -0.25) is 4.55 Å². The second-order valence-corrected chi connectivity index (χ2v) is 3.71. The van der Waals surface area contributed by atoms with Gasteiger partial charge in [-0.1, -0.05) is 17.7 Å². The van der Waals surface area contributed by atoms with Crippen LogP contribution in [0.25, 0.3) is 0 Å². The van der Waals surface area contributed by atoms with Gasteiger partial charge in [0.25, 0.3) is 10.1 Å². The van der Waals surface area contributed by atoms with E-state index in [2.05, 4.69) is 0 Å². The number of hydrogen-bond acceptors (Lipinski definition) is 2. The van der Waals surface area contributed by atoms with Gasteiger partial charge in [0, 0.05) is 17.1 Å². The average Bonchev–Trinajstić information content (AvgIpc) is 1.86. The number of rotatable bonds is 1. The van der Waals surface area contributed by atoms with E-state index in [1.165, 1.54) is 12.1 Å². The molecule has 0 aromatic heterocycles. The van der Waals surface area contributed by atoms with Crippen molar-refractivity contribution < 1.29 is 62.9 Å². The normalized spacial score (nSPS) is 7.00. The van der Waals surface area contributed by atoms with Crippen molar-refractivity contribution in [2.45, 2.75) is 11.8 Å². The van der Waals surface area contributed by atoms with Gasteiger partial charge in [-0.2, -0.15) is 8.42 Å². The molecule has 1 aromatic carbocycles. The molecule has 0 spiro atoms. The fourth-order valence-corrected chi connectivity index (χ4v) is 1.19. The number of aryl methyl sites for hydroxylation is 1. The van der Waals surface area contributed by atoms with E-state index in [0.29, 0.717) is 0 Å². The van der Waals surface area contributed by atoms with E-state index in [1.54, 1.807) is 12.1 Å². The van der Waals surface area contributed by atoms with Gasteiger partial charge < -0.3 is 32.9 Å². The van der Waals surface area contributed by atoms with Gasteiger partial charge in [-0.15, -0.1) is 0 Å². The molecule has 0 radical (unpaired) electrons. The standard InChI is InChI=1S/C7H8O3S.Fe.6H2O/c1-6-2-4-7(5-3-6)11(8,9)10;;;;;;;/h2-5H,1H3,(H,8,9,10);;6*1H2. The van der Waals surface area contributed by atoms with Crippen molar-refractivity contribution in [3.05, 3.63) is 29.8 Å². The van der Waals surface area contributed by atoms with Gasteiger partial charge in [-0.05, 0) is 19.1 Å². The third-order valence-electron chi connectivity index (χ3n) is 1.32. The van der Waals surface area contributed by atoms with Gasteiger partial charge in [0.05, 0.1) is 4.90 Å². The fraction of sp³-hybridized carbons (Fsp3) is 0.143. The molecule has 0 saturated carbocycles. The zero-order valence-electron chi connectivity index (χ0n) is 9.33. The number of hydrogen-bond donors (Lipinski definition) is 1. The van der Waals surface area contributed by atoms with Crippen LogP contribution in [0.2, 0.25) is 0 Å². The minimum atomic E-state index is -4.02. The molecule has 9 nitrogen and oxygen atoms in total. The van der Waals surface area contributed by atoms with Crippen LogP contribution >= 0.6 is 0 Å². The Morgan fingerprint density at radius 1 is 0.833 bits per heavy atom. The van der Waals surface area contributed by atoms with Crippen molar-refractivity contribution in [3.8, 4) is 0 Å². The Balaban J connectivity index is -0.0000000346. The van der Waals surface area contributed by atoms with E-state index >= 15 is 0 Å². The Hall–Kier alpha value is -0.591. The molecule has 1 aromatic rings. The molecule has 0 unspecified atom stereocenters. The van der Waals surface area contributed by atoms with Crippen molar-refractivity contribution in [2.24, 2.45) is 0 Å². The summed E-state index contributed by atoms with van der Waals surface area (Å²) in [6.07, 6.45) is 0. The molecular formula is C7H20FeO9S. The summed E-state index contributed by atoms with van der Waals surface area (Å²) in [6.45, 7) is 1.84. The molecule has 0 aliphatic carbocycles. The summed E-state index contributed by atoms with van der Waals surface area (Å²) in [5.74, 6) is 0. The largest absolute Gasteiger partial charge is 0.412 e. The van der Waals surface area contributed by atoms with Crippen LogP contribution in [0.1, 0.15) is 5.56 Å². The molecule has 0 bridgehead atoms. The summed E-state index contributed by atoms with van der Waals surface area (Å²) in [5, 5.41) is 0. The van der Waals surface area contributed by atoms with E-state index in [0.717, 1.165) is 5.56 Å². The minimum Gasteiger partial charge on any atom is -0.412 e. The Morgan fingerprint density at radius 2 is 1.11 bits per heavy atom. The monoisotopic (exact) mass is 336 g/mol. The van der Waals surface area contributed by atoms with E-state index in [4.69, 9.17) is 4.55 Å². The maximum absolute atomic E-state index is 10.5. The van der Waals surface area contributed by atoms with Crippen LogP contribution in [0.15, 0.2) is 29.2 Å². The second kappa shape index (κ2) is 16.4. The van der Waals surface area contributed by atoms with Crippen molar-refractivity contribution in [1.29, 1.82) is 0 Å². The minimum absolute atomic E-state index is 0. The zero-order chi connectivity index (χ0) is 8.48. The van der Waals surface area contributed by atoms with Crippen LogP contribution in [0.3, 0.4) is 0 Å². The quantitative estimate of drug-likeness (QED) is 0.402. The third-order valence-corrected chi connectivity index (χ3v) is 2.19. The SMILES string of the molecule is Cc1ccc(S(=O)(=O)O)cc1.O.O.O.O.O.O.[Fe]. The molecule has 13 N–H and O–H groups in total. The first kappa shape index (κ1) is 43.3. The Bertz CT molecular complexity index is 350. The summed E-state index contributed by atoms with van der Waals surface area (Å²) >= 11 is 0. The number of benzene rings is 1. The molecule has 0 amide bonds. The molecule has 0 aliphatic heterocycles. The molecule has 116 valence electrons. The first-order valence-corrected chi connectivity index (χ1v) is 4.48.